The molecule has 0 heterocycles. The normalized spacial score (nSPS) is 11.1. The molecule has 0 aliphatic carbocycles. The Morgan fingerprint density at radius 2 is 1.31 bits per heavy atom. The third-order valence-electron chi connectivity index (χ3n) is 2.80. The van der Waals surface area contributed by atoms with Crippen molar-refractivity contribution in [2.24, 2.45) is 5.92 Å². The molecule has 0 aliphatic rings. The van der Waals surface area contributed by atoms with Crippen LogP contribution in [0.1, 0.15) is 64.7 Å². The smallest absolute Gasteiger partial charge is 0.0417 e. The molecule has 0 saturated carbocycles. The largest absolute Gasteiger partial charge is 0.0651 e. The molecule has 0 heteroatoms. The van der Waals surface area contributed by atoms with E-state index < -0.39 is 0 Å². The van der Waals surface area contributed by atoms with Gasteiger partial charge in [-0.25, -0.2) is 0 Å². The highest BCUT2D eigenvalue weighted by Gasteiger charge is 2.04. The van der Waals surface area contributed by atoms with E-state index in [0.717, 1.165) is 18.8 Å². The molecule has 0 spiro atoms. The van der Waals surface area contributed by atoms with Gasteiger partial charge < -0.3 is 0 Å². The summed E-state index contributed by atoms with van der Waals surface area (Å²) in [5.74, 6) is 0.970. The predicted molar refractivity (Wildman–Crippen MR) is 61.4 cm³/mol. The van der Waals surface area contributed by atoms with Gasteiger partial charge in [0.25, 0.3) is 0 Å². The van der Waals surface area contributed by atoms with Crippen molar-refractivity contribution >= 4 is 0 Å². The van der Waals surface area contributed by atoms with Crippen LogP contribution in [-0.4, -0.2) is 0 Å². The van der Waals surface area contributed by atoms with Gasteiger partial charge in [0.15, 0.2) is 0 Å². The molecular weight excluding hydrogens is 156 g/mol. The summed E-state index contributed by atoms with van der Waals surface area (Å²) in [4.78, 5) is 0. The average molecular weight is 182 g/mol. The zero-order valence-electron chi connectivity index (χ0n) is 9.36. The van der Waals surface area contributed by atoms with E-state index in [2.05, 4.69) is 20.8 Å². The fourth-order valence-corrected chi connectivity index (χ4v) is 1.77. The minimum Gasteiger partial charge on any atom is -0.0651 e. The number of rotatable bonds is 9. The Kier molecular flexibility index (Phi) is 10.1. The van der Waals surface area contributed by atoms with E-state index in [1.807, 2.05) is 0 Å². The third-order valence-corrected chi connectivity index (χ3v) is 2.80. The summed E-state index contributed by atoms with van der Waals surface area (Å²) in [6.07, 6.45) is 11.8. The Morgan fingerprint density at radius 1 is 0.846 bits per heavy atom. The highest BCUT2D eigenvalue weighted by Crippen LogP contribution is 2.20. The molecule has 0 saturated heterocycles. The first-order valence-corrected chi connectivity index (χ1v) is 5.93. The summed E-state index contributed by atoms with van der Waals surface area (Å²) in [7, 11) is 0. The molecular formula is C13H26. The van der Waals surface area contributed by atoms with Gasteiger partial charge in [0.2, 0.25) is 0 Å². The molecule has 0 aliphatic heterocycles. The fourth-order valence-electron chi connectivity index (χ4n) is 1.77. The molecule has 13 heavy (non-hydrogen) atoms. The summed E-state index contributed by atoms with van der Waals surface area (Å²) >= 11 is 0. The van der Waals surface area contributed by atoms with Gasteiger partial charge in [-0.2, -0.15) is 0 Å². The number of hydrogen-bond donors (Lipinski definition) is 0. The highest BCUT2D eigenvalue weighted by molar-refractivity contribution is 4.59. The molecule has 0 fully saturated rings. The van der Waals surface area contributed by atoms with Crippen molar-refractivity contribution in [2.75, 3.05) is 0 Å². The minimum absolute atomic E-state index is 0.970. The first kappa shape index (κ1) is 13.0. The van der Waals surface area contributed by atoms with Gasteiger partial charge >= 0.3 is 0 Å². The lowest BCUT2D eigenvalue weighted by atomic mass is 9.93. The van der Waals surface area contributed by atoms with Crippen molar-refractivity contribution in [3.8, 4) is 0 Å². The number of hydrogen-bond acceptors (Lipinski definition) is 0. The average Bonchev–Trinajstić information content (AvgIpc) is 2.16. The lowest BCUT2D eigenvalue weighted by molar-refractivity contribution is 0.402. The summed E-state index contributed by atoms with van der Waals surface area (Å²) in [5.41, 5.74) is 0. The third kappa shape index (κ3) is 8.33. The second-order valence-electron chi connectivity index (χ2n) is 3.97. The molecule has 0 N–H and O–H groups in total. The molecule has 0 bridgehead atoms. The SMILES string of the molecule is [CH2]CCCCC(CC)CCCC[CH2]. The predicted octanol–water partition coefficient (Wildman–Crippen LogP) is 4.80. The maximum Gasteiger partial charge on any atom is -0.0417 e. The van der Waals surface area contributed by atoms with Gasteiger partial charge in [-0.05, 0) is 5.92 Å². The van der Waals surface area contributed by atoms with Crippen molar-refractivity contribution in [1.29, 1.82) is 0 Å². The van der Waals surface area contributed by atoms with Crippen LogP contribution in [0.3, 0.4) is 0 Å². The maximum atomic E-state index is 3.88. The summed E-state index contributed by atoms with van der Waals surface area (Å²) < 4.78 is 0. The Labute approximate surface area is 85.1 Å². The molecule has 2 radical (unpaired) electrons. The molecule has 0 aromatic carbocycles. The Morgan fingerprint density at radius 3 is 1.62 bits per heavy atom. The van der Waals surface area contributed by atoms with Crippen molar-refractivity contribution in [3.05, 3.63) is 13.8 Å². The van der Waals surface area contributed by atoms with Gasteiger partial charge in [0.05, 0.1) is 0 Å². The molecule has 0 aromatic rings. The standard InChI is InChI=1S/C13H26/c1-4-7-9-11-13(6-3)12-10-8-5-2/h13H,1-2,4-12H2,3H3. The zero-order chi connectivity index (χ0) is 9.94. The second kappa shape index (κ2) is 10.1. The molecule has 0 aromatic heterocycles. The van der Waals surface area contributed by atoms with Gasteiger partial charge in [-0.3, -0.25) is 0 Å². The summed E-state index contributed by atoms with van der Waals surface area (Å²) in [6.45, 7) is 10.1. The first-order chi connectivity index (χ1) is 6.35. The molecule has 0 amide bonds. The van der Waals surface area contributed by atoms with Crippen molar-refractivity contribution in [2.45, 2.75) is 64.7 Å². The van der Waals surface area contributed by atoms with E-state index in [4.69, 9.17) is 0 Å². The van der Waals surface area contributed by atoms with E-state index in [9.17, 15) is 0 Å². The van der Waals surface area contributed by atoms with E-state index in [-0.39, 0.29) is 0 Å². The van der Waals surface area contributed by atoms with Crippen molar-refractivity contribution in [1.82, 2.24) is 0 Å². The van der Waals surface area contributed by atoms with Crippen LogP contribution in [0.4, 0.5) is 0 Å². The van der Waals surface area contributed by atoms with Crippen LogP contribution >= 0.6 is 0 Å². The van der Waals surface area contributed by atoms with Gasteiger partial charge in [-0.1, -0.05) is 78.6 Å². The van der Waals surface area contributed by atoms with Crippen LogP contribution in [0, 0.1) is 19.8 Å². The minimum atomic E-state index is 0.970. The maximum absolute atomic E-state index is 3.88. The zero-order valence-corrected chi connectivity index (χ0v) is 9.36. The van der Waals surface area contributed by atoms with E-state index in [0.29, 0.717) is 0 Å². The van der Waals surface area contributed by atoms with Gasteiger partial charge in [0.1, 0.15) is 0 Å². The van der Waals surface area contributed by atoms with Crippen LogP contribution in [-0.2, 0) is 0 Å². The van der Waals surface area contributed by atoms with E-state index >= 15 is 0 Å². The molecule has 0 rings (SSSR count). The Hall–Kier alpha value is 0. The van der Waals surface area contributed by atoms with Gasteiger partial charge in [-0.15, -0.1) is 0 Å². The van der Waals surface area contributed by atoms with Crippen LogP contribution in [0.5, 0.6) is 0 Å². The first-order valence-electron chi connectivity index (χ1n) is 5.93. The molecule has 78 valence electrons. The lowest BCUT2D eigenvalue weighted by Crippen LogP contribution is -1.98. The number of unbranched alkanes of at least 4 members (excludes halogenated alkanes) is 4. The monoisotopic (exact) mass is 182 g/mol. The van der Waals surface area contributed by atoms with Crippen LogP contribution in [0.25, 0.3) is 0 Å². The van der Waals surface area contributed by atoms with E-state index in [1.54, 1.807) is 0 Å². The van der Waals surface area contributed by atoms with Crippen LogP contribution < -0.4 is 0 Å². The Bertz CT molecular complexity index is 76.0. The fraction of sp³-hybridized carbons (Fsp3) is 0.846. The topological polar surface area (TPSA) is 0 Å². The quantitative estimate of drug-likeness (QED) is 0.449. The van der Waals surface area contributed by atoms with Crippen molar-refractivity contribution < 1.29 is 0 Å². The lowest BCUT2D eigenvalue weighted by Gasteiger charge is -2.13. The molecule has 0 nitrogen and oxygen atoms in total. The van der Waals surface area contributed by atoms with Gasteiger partial charge in [0, 0.05) is 0 Å². The highest BCUT2D eigenvalue weighted by atomic mass is 14.1. The molecule has 0 unspecified atom stereocenters. The van der Waals surface area contributed by atoms with Crippen LogP contribution in [0.15, 0.2) is 0 Å². The Balaban J connectivity index is 3.28. The van der Waals surface area contributed by atoms with Crippen LogP contribution in [0.2, 0.25) is 0 Å². The van der Waals surface area contributed by atoms with E-state index in [1.165, 1.54) is 44.9 Å². The molecule has 0 atom stereocenters. The second-order valence-corrected chi connectivity index (χ2v) is 3.97. The summed E-state index contributed by atoms with van der Waals surface area (Å²) in [5, 5.41) is 0. The summed E-state index contributed by atoms with van der Waals surface area (Å²) in [6, 6.07) is 0. The van der Waals surface area contributed by atoms with Crippen molar-refractivity contribution in [3.63, 3.8) is 0 Å².